The number of aryl methyl sites for hydroxylation is 4. The highest BCUT2D eigenvalue weighted by molar-refractivity contribution is 6.06. The third kappa shape index (κ3) is 2.08. The number of carboxylic acids is 1. The van der Waals surface area contributed by atoms with Crippen molar-refractivity contribution in [3.05, 3.63) is 52.7 Å². The lowest BCUT2D eigenvalue weighted by Gasteiger charge is -2.12. The third-order valence-electron chi connectivity index (χ3n) is 4.01. The van der Waals surface area contributed by atoms with Crippen molar-refractivity contribution in [1.82, 2.24) is 9.78 Å². The summed E-state index contributed by atoms with van der Waals surface area (Å²) in [7, 11) is 1.67. The average molecular weight is 294 g/mol. The predicted octanol–water partition coefficient (Wildman–Crippen LogP) is 3.86. The first-order valence-corrected chi connectivity index (χ1v) is 7.17. The summed E-state index contributed by atoms with van der Waals surface area (Å²) in [4.78, 5) is 11.5. The van der Waals surface area contributed by atoms with Crippen molar-refractivity contribution in [2.45, 2.75) is 20.8 Å². The van der Waals surface area contributed by atoms with Crippen molar-refractivity contribution in [3.8, 4) is 11.1 Å². The molecule has 22 heavy (non-hydrogen) atoms. The van der Waals surface area contributed by atoms with E-state index < -0.39 is 5.97 Å². The van der Waals surface area contributed by atoms with Crippen LogP contribution in [0, 0.1) is 20.8 Å². The minimum atomic E-state index is -0.959. The SMILES string of the molecule is Cc1cc(C)c(-c2cccc3c(C(=O)O)n(C)nc23)c(C)c1. The van der Waals surface area contributed by atoms with Gasteiger partial charge in [0.1, 0.15) is 5.52 Å². The molecule has 0 fully saturated rings. The van der Waals surface area contributed by atoms with Crippen molar-refractivity contribution >= 4 is 16.9 Å². The summed E-state index contributed by atoms with van der Waals surface area (Å²) in [5, 5.41) is 14.5. The maximum atomic E-state index is 11.5. The van der Waals surface area contributed by atoms with Crippen LogP contribution in [0.25, 0.3) is 22.0 Å². The Hall–Kier alpha value is -2.62. The molecule has 0 unspecified atom stereocenters. The van der Waals surface area contributed by atoms with Crippen molar-refractivity contribution in [2.24, 2.45) is 7.05 Å². The van der Waals surface area contributed by atoms with Gasteiger partial charge in [-0.1, -0.05) is 35.9 Å². The lowest BCUT2D eigenvalue weighted by Crippen LogP contribution is -2.05. The van der Waals surface area contributed by atoms with Crippen LogP contribution in [0.3, 0.4) is 0 Å². The first-order valence-electron chi connectivity index (χ1n) is 7.17. The zero-order valence-corrected chi connectivity index (χ0v) is 13.1. The average Bonchev–Trinajstić information content (AvgIpc) is 2.74. The fourth-order valence-electron chi connectivity index (χ4n) is 3.28. The van der Waals surface area contributed by atoms with Crippen LogP contribution in [0.4, 0.5) is 0 Å². The van der Waals surface area contributed by atoms with Crippen molar-refractivity contribution < 1.29 is 9.90 Å². The molecule has 0 saturated heterocycles. The van der Waals surface area contributed by atoms with Gasteiger partial charge in [-0.05, 0) is 37.5 Å². The number of aromatic nitrogens is 2. The van der Waals surface area contributed by atoms with Gasteiger partial charge in [0.05, 0.1) is 0 Å². The van der Waals surface area contributed by atoms with Gasteiger partial charge in [-0.25, -0.2) is 4.79 Å². The van der Waals surface area contributed by atoms with E-state index >= 15 is 0 Å². The van der Waals surface area contributed by atoms with Crippen LogP contribution >= 0.6 is 0 Å². The molecule has 4 nitrogen and oxygen atoms in total. The van der Waals surface area contributed by atoms with Crippen molar-refractivity contribution in [1.29, 1.82) is 0 Å². The highest BCUT2D eigenvalue weighted by Crippen LogP contribution is 2.34. The molecule has 0 aliphatic carbocycles. The van der Waals surface area contributed by atoms with E-state index in [4.69, 9.17) is 0 Å². The maximum absolute atomic E-state index is 11.5. The Balaban J connectivity index is 2.39. The van der Waals surface area contributed by atoms with Crippen LogP contribution in [0.15, 0.2) is 30.3 Å². The van der Waals surface area contributed by atoms with Crippen LogP contribution in [0.5, 0.6) is 0 Å². The van der Waals surface area contributed by atoms with E-state index in [9.17, 15) is 9.90 Å². The van der Waals surface area contributed by atoms with Gasteiger partial charge in [0.25, 0.3) is 0 Å². The summed E-state index contributed by atoms with van der Waals surface area (Å²) in [6.45, 7) is 6.23. The number of fused-ring (bicyclic) bond motifs is 1. The summed E-state index contributed by atoms with van der Waals surface area (Å²) in [6.07, 6.45) is 0. The molecule has 4 heteroatoms. The number of aromatic carboxylic acids is 1. The second kappa shape index (κ2) is 4.98. The smallest absolute Gasteiger partial charge is 0.354 e. The molecule has 0 spiro atoms. The summed E-state index contributed by atoms with van der Waals surface area (Å²) in [5.74, 6) is -0.959. The number of nitrogens with zero attached hydrogens (tertiary/aromatic N) is 2. The van der Waals surface area contributed by atoms with E-state index in [-0.39, 0.29) is 5.69 Å². The molecule has 3 aromatic rings. The molecular formula is C18H18N2O2. The van der Waals surface area contributed by atoms with Crippen molar-refractivity contribution in [3.63, 3.8) is 0 Å². The Labute approximate surface area is 129 Å². The standard InChI is InChI=1S/C18H18N2O2/c1-10-8-11(2)15(12(3)9-10)13-6-5-7-14-16(13)19-20(4)17(14)18(21)22/h5-9H,1-4H3,(H,21,22). The first kappa shape index (κ1) is 14.3. The molecule has 3 rings (SSSR count). The van der Waals surface area contributed by atoms with Gasteiger partial charge in [0.15, 0.2) is 5.69 Å². The molecule has 0 radical (unpaired) electrons. The number of carboxylic acid groups (broad SMARTS) is 1. The van der Waals surface area contributed by atoms with Gasteiger partial charge in [-0.15, -0.1) is 0 Å². The molecule has 0 aliphatic rings. The molecule has 0 bridgehead atoms. The Kier molecular flexibility index (Phi) is 3.24. The van der Waals surface area contributed by atoms with Crippen LogP contribution < -0.4 is 0 Å². The quantitative estimate of drug-likeness (QED) is 0.780. The van der Waals surface area contributed by atoms with Gasteiger partial charge in [0.2, 0.25) is 0 Å². The molecule has 0 saturated carbocycles. The number of hydrogen-bond donors (Lipinski definition) is 1. The Morgan fingerprint density at radius 2 is 1.77 bits per heavy atom. The molecule has 2 aromatic carbocycles. The van der Waals surface area contributed by atoms with E-state index in [0.29, 0.717) is 5.39 Å². The number of benzene rings is 2. The molecule has 1 aromatic heterocycles. The fraction of sp³-hybridized carbons (Fsp3) is 0.222. The number of hydrogen-bond acceptors (Lipinski definition) is 2. The summed E-state index contributed by atoms with van der Waals surface area (Å²) in [5.41, 5.74) is 6.64. The second-order valence-electron chi connectivity index (χ2n) is 5.75. The van der Waals surface area contributed by atoms with Crippen LogP contribution in [-0.2, 0) is 7.05 Å². The van der Waals surface area contributed by atoms with E-state index in [1.807, 2.05) is 18.2 Å². The highest BCUT2D eigenvalue weighted by Gasteiger charge is 2.19. The van der Waals surface area contributed by atoms with E-state index in [0.717, 1.165) is 16.6 Å². The molecule has 112 valence electrons. The minimum absolute atomic E-state index is 0.222. The Morgan fingerprint density at radius 1 is 1.14 bits per heavy atom. The molecule has 0 aliphatic heterocycles. The normalized spacial score (nSPS) is 11.1. The predicted molar refractivity (Wildman–Crippen MR) is 87.3 cm³/mol. The van der Waals surface area contributed by atoms with Gasteiger partial charge in [-0.2, -0.15) is 5.10 Å². The Bertz CT molecular complexity index is 884. The van der Waals surface area contributed by atoms with Gasteiger partial charge in [0, 0.05) is 18.0 Å². The summed E-state index contributed by atoms with van der Waals surface area (Å²) < 4.78 is 1.44. The summed E-state index contributed by atoms with van der Waals surface area (Å²) >= 11 is 0. The molecule has 0 amide bonds. The van der Waals surface area contributed by atoms with E-state index in [1.165, 1.54) is 21.4 Å². The molecular weight excluding hydrogens is 276 g/mol. The van der Waals surface area contributed by atoms with Crippen molar-refractivity contribution in [2.75, 3.05) is 0 Å². The largest absolute Gasteiger partial charge is 0.477 e. The maximum Gasteiger partial charge on any atom is 0.354 e. The molecule has 1 N–H and O–H groups in total. The molecule has 0 atom stereocenters. The second-order valence-corrected chi connectivity index (χ2v) is 5.75. The number of rotatable bonds is 2. The monoisotopic (exact) mass is 294 g/mol. The zero-order valence-electron chi connectivity index (χ0n) is 13.1. The van der Waals surface area contributed by atoms with E-state index in [2.05, 4.69) is 38.0 Å². The minimum Gasteiger partial charge on any atom is -0.477 e. The number of carbonyl (C=O) groups is 1. The summed E-state index contributed by atoms with van der Waals surface area (Å²) in [6, 6.07) is 9.99. The first-order chi connectivity index (χ1) is 10.4. The van der Waals surface area contributed by atoms with Crippen LogP contribution in [0.2, 0.25) is 0 Å². The Morgan fingerprint density at radius 3 is 2.36 bits per heavy atom. The van der Waals surface area contributed by atoms with Gasteiger partial charge in [-0.3, -0.25) is 4.68 Å². The zero-order chi connectivity index (χ0) is 16.0. The van der Waals surface area contributed by atoms with Gasteiger partial charge >= 0.3 is 5.97 Å². The van der Waals surface area contributed by atoms with Crippen LogP contribution in [0.1, 0.15) is 27.2 Å². The third-order valence-corrected chi connectivity index (χ3v) is 4.01. The van der Waals surface area contributed by atoms with E-state index in [1.54, 1.807) is 7.05 Å². The van der Waals surface area contributed by atoms with Crippen LogP contribution in [-0.4, -0.2) is 20.9 Å². The lowest BCUT2D eigenvalue weighted by atomic mass is 9.92. The lowest BCUT2D eigenvalue weighted by molar-refractivity contribution is 0.0687. The topological polar surface area (TPSA) is 55.1 Å². The molecule has 1 heterocycles. The van der Waals surface area contributed by atoms with Gasteiger partial charge < -0.3 is 5.11 Å². The fourth-order valence-corrected chi connectivity index (χ4v) is 3.28. The highest BCUT2D eigenvalue weighted by atomic mass is 16.4.